The molecule has 0 spiro atoms. The maximum Gasteiger partial charge on any atom is 0.119 e. The summed E-state index contributed by atoms with van der Waals surface area (Å²) in [5.41, 5.74) is 1.29. The third-order valence-electron chi connectivity index (χ3n) is 3.61. The summed E-state index contributed by atoms with van der Waals surface area (Å²) in [6, 6.07) is 8.31. The van der Waals surface area contributed by atoms with Gasteiger partial charge in [-0.3, -0.25) is 0 Å². The second-order valence-corrected chi connectivity index (χ2v) is 5.27. The third-order valence-corrected chi connectivity index (χ3v) is 3.61. The summed E-state index contributed by atoms with van der Waals surface area (Å²) < 4.78 is 5.72. The number of nitrogens with zero attached hydrogens (tertiary/aromatic N) is 1. The van der Waals surface area contributed by atoms with Gasteiger partial charge in [0.25, 0.3) is 0 Å². The highest BCUT2D eigenvalue weighted by Crippen LogP contribution is 2.12. The van der Waals surface area contributed by atoms with E-state index >= 15 is 0 Å². The molecule has 0 aromatic heterocycles. The van der Waals surface area contributed by atoms with Crippen molar-refractivity contribution < 1.29 is 4.74 Å². The molecule has 0 bridgehead atoms. The van der Waals surface area contributed by atoms with Crippen LogP contribution in [0, 0.1) is 6.92 Å². The Labute approximate surface area is 111 Å². The van der Waals surface area contributed by atoms with Crippen molar-refractivity contribution in [1.29, 1.82) is 0 Å². The molecule has 2 heteroatoms. The number of unbranched alkanes of at least 4 members (excludes halogenated alkanes) is 2. The molecule has 0 atom stereocenters. The fraction of sp³-hybridized carbons (Fsp3) is 0.625. The first-order valence-corrected chi connectivity index (χ1v) is 7.26. The van der Waals surface area contributed by atoms with E-state index < -0.39 is 0 Å². The molecule has 0 aliphatic carbocycles. The van der Waals surface area contributed by atoms with E-state index in [1.54, 1.807) is 0 Å². The van der Waals surface area contributed by atoms with E-state index in [1.165, 1.54) is 57.3 Å². The molecular weight excluding hydrogens is 222 g/mol. The van der Waals surface area contributed by atoms with Gasteiger partial charge in [0.1, 0.15) is 5.75 Å². The fourth-order valence-corrected chi connectivity index (χ4v) is 2.44. The van der Waals surface area contributed by atoms with Gasteiger partial charge in [0, 0.05) is 0 Å². The van der Waals surface area contributed by atoms with Crippen molar-refractivity contribution in [2.24, 2.45) is 0 Å². The van der Waals surface area contributed by atoms with Crippen LogP contribution < -0.4 is 4.74 Å². The zero-order chi connectivity index (χ0) is 12.6. The van der Waals surface area contributed by atoms with Crippen molar-refractivity contribution in [2.45, 2.75) is 39.0 Å². The molecule has 1 aliphatic heterocycles. The number of hydrogen-bond donors (Lipinski definition) is 0. The maximum atomic E-state index is 5.72. The number of hydrogen-bond acceptors (Lipinski definition) is 2. The van der Waals surface area contributed by atoms with Crippen molar-refractivity contribution >= 4 is 0 Å². The van der Waals surface area contributed by atoms with Crippen LogP contribution in [0.25, 0.3) is 0 Å². The van der Waals surface area contributed by atoms with E-state index in [9.17, 15) is 0 Å². The van der Waals surface area contributed by atoms with E-state index in [1.807, 2.05) is 0 Å². The van der Waals surface area contributed by atoms with Crippen LogP contribution >= 0.6 is 0 Å². The zero-order valence-electron chi connectivity index (χ0n) is 11.5. The van der Waals surface area contributed by atoms with Gasteiger partial charge < -0.3 is 9.64 Å². The summed E-state index contributed by atoms with van der Waals surface area (Å²) in [7, 11) is 0. The van der Waals surface area contributed by atoms with E-state index in [0.29, 0.717) is 0 Å². The van der Waals surface area contributed by atoms with Crippen LogP contribution in [0.4, 0.5) is 0 Å². The lowest BCUT2D eigenvalue weighted by Crippen LogP contribution is -2.20. The number of aryl methyl sites for hydroxylation is 1. The lowest BCUT2D eigenvalue weighted by molar-refractivity contribution is 0.290. The summed E-state index contributed by atoms with van der Waals surface area (Å²) in [6.45, 7) is 6.87. The Morgan fingerprint density at radius 3 is 2.44 bits per heavy atom. The van der Waals surface area contributed by atoms with Gasteiger partial charge >= 0.3 is 0 Å². The van der Waals surface area contributed by atoms with Gasteiger partial charge in [-0.1, -0.05) is 17.7 Å². The van der Waals surface area contributed by atoms with Gasteiger partial charge in [-0.05, 0) is 70.8 Å². The van der Waals surface area contributed by atoms with E-state index in [0.717, 1.165) is 12.4 Å². The molecule has 2 rings (SSSR count). The lowest BCUT2D eigenvalue weighted by atomic mass is 10.2. The minimum atomic E-state index is 0.850. The van der Waals surface area contributed by atoms with Crippen LogP contribution in [0.5, 0.6) is 5.75 Å². The normalized spacial score (nSPS) is 16.1. The highest BCUT2D eigenvalue weighted by molar-refractivity contribution is 5.26. The summed E-state index contributed by atoms with van der Waals surface area (Å²) >= 11 is 0. The predicted molar refractivity (Wildman–Crippen MR) is 76.2 cm³/mol. The summed E-state index contributed by atoms with van der Waals surface area (Å²) in [5.74, 6) is 1.00. The first kappa shape index (κ1) is 13.4. The Morgan fingerprint density at radius 1 is 1.00 bits per heavy atom. The second-order valence-electron chi connectivity index (χ2n) is 5.27. The highest BCUT2D eigenvalue weighted by atomic mass is 16.5. The molecule has 100 valence electrons. The molecule has 1 heterocycles. The molecule has 1 aliphatic rings. The van der Waals surface area contributed by atoms with Crippen LogP contribution in [0.1, 0.15) is 37.7 Å². The number of benzene rings is 1. The van der Waals surface area contributed by atoms with E-state index in [4.69, 9.17) is 4.74 Å². The van der Waals surface area contributed by atoms with Crippen molar-refractivity contribution in [3.8, 4) is 5.75 Å². The Hall–Kier alpha value is -1.02. The van der Waals surface area contributed by atoms with Crippen LogP contribution in [-0.4, -0.2) is 31.1 Å². The molecule has 1 aromatic carbocycles. The largest absolute Gasteiger partial charge is 0.494 e. The highest BCUT2D eigenvalue weighted by Gasteiger charge is 2.09. The summed E-state index contributed by atoms with van der Waals surface area (Å²) in [6.07, 6.45) is 6.56. The summed E-state index contributed by atoms with van der Waals surface area (Å²) in [4.78, 5) is 2.58. The van der Waals surface area contributed by atoms with E-state index in [-0.39, 0.29) is 0 Å². The predicted octanol–water partition coefficient (Wildman–Crippen LogP) is 3.64. The molecule has 2 nitrogen and oxygen atoms in total. The average Bonchev–Trinajstić information content (AvgIpc) is 2.89. The first-order chi connectivity index (χ1) is 8.84. The maximum absolute atomic E-state index is 5.72. The third kappa shape index (κ3) is 4.69. The van der Waals surface area contributed by atoms with Gasteiger partial charge in [0.2, 0.25) is 0 Å². The Kier molecular flexibility index (Phi) is 5.53. The molecule has 1 saturated heterocycles. The van der Waals surface area contributed by atoms with Crippen LogP contribution in [-0.2, 0) is 0 Å². The number of rotatable bonds is 7. The lowest BCUT2D eigenvalue weighted by Gasteiger charge is -2.13. The first-order valence-electron chi connectivity index (χ1n) is 7.26. The van der Waals surface area contributed by atoms with Crippen LogP contribution in [0.15, 0.2) is 24.3 Å². The second kappa shape index (κ2) is 7.42. The van der Waals surface area contributed by atoms with Gasteiger partial charge in [-0.15, -0.1) is 0 Å². The number of ether oxygens (including phenoxy) is 1. The molecule has 1 aromatic rings. The zero-order valence-corrected chi connectivity index (χ0v) is 11.5. The van der Waals surface area contributed by atoms with E-state index in [2.05, 4.69) is 36.1 Å². The Morgan fingerprint density at radius 2 is 1.72 bits per heavy atom. The van der Waals surface area contributed by atoms with Gasteiger partial charge in [0.15, 0.2) is 0 Å². The standard InChI is InChI=1S/C16H25NO/c1-15-7-9-16(10-8-15)18-14-6-2-3-11-17-12-4-5-13-17/h7-10H,2-6,11-14H2,1H3. The van der Waals surface area contributed by atoms with Crippen molar-refractivity contribution in [3.05, 3.63) is 29.8 Å². The summed E-state index contributed by atoms with van der Waals surface area (Å²) in [5, 5.41) is 0. The smallest absolute Gasteiger partial charge is 0.119 e. The minimum absolute atomic E-state index is 0.850. The quantitative estimate of drug-likeness (QED) is 0.682. The van der Waals surface area contributed by atoms with Crippen LogP contribution in [0.2, 0.25) is 0 Å². The van der Waals surface area contributed by atoms with Crippen molar-refractivity contribution in [2.75, 3.05) is 26.2 Å². The molecule has 0 saturated carbocycles. The van der Waals surface area contributed by atoms with Crippen molar-refractivity contribution in [3.63, 3.8) is 0 Å². The minimum Gasteiger partial charge on any atom is -0.494 e. The van der Waals surface area contributed by atoms with Gasteiger partial charge in [-0.2, -0.15) is 0 Å². The van der Waals surface area contributed by atoms with Gasteiger partial charge in [-0.25, -0.2) is 0 Å². The monoisotopic (exact) mass is 247 g/mol. The molecule has 0 amide bonds. The van der Waals surface area contributed by atoms with Crippen LogP contribution in [0.3, 0.4) is 0 Å². The SMILES string of the molecule is Cc1ccc(OCCCCCN2CCCC2)cc1. The van der Waals surface area contributed by atoms with Crippen molar-refractivity contribution in [1.82, 2.24) is 4.90 Å². The molecule has 0 N–H and O–H groups in total. The van der Waals surface area contributed by atoms with Gasteiger partial charge in [0.05, 0.1) is 6.61 Å². The Bertz CT molecular complexity index is 327. The fourth-order valence-electron chi connectivity index (χ4n) is 2.44. The number of likely N-dealkylation sites (tertiary alicyclic amines) is 1. The molecule has 18 heavy (non-hydrogen) atoms. The molecular formula is C16H25NO. The topological polar surface area (TPSA) is 12.5 Å². The molecule has 0 radical (unpaired) electrons. The molecule has 1 fully saturated rings. The Balaban J connectivity index is 1.49. The molecule has 0 unspecified atom stereocenters. The average molecular weight is 247 g/mol.